The van der Waals surface area contributed by atoms with Crippen molar-refractivity contribution in [2.24, 2.45) is 0 Å². The maximum atomic E-state index is 12.5. The highest BCUT2D eigenvalue weighted by Gasteiger charge is 2.48. The first-order valence-electron chi connectivity index (χ1n) is 11.2. The summed E-state index contributed by atoms with van der Waals surface area (Å²) < 4.78 is 26.9. The Morgan fingerprint density at radius 1 is 0.857 bits per heavy atom. The summed E-state index contributed by atoms with van der Waals surface area (Å²) >= 11 is 0. The van der Waals surface area contributed by atoms with Gasteiger partial charge in [0.15, 0.2) is 18.7 Å². The molecule has 1 aromatic rings. The summed E-state index contributed by atoms with van der Waals surface area (Å²) in [6.45, 7) is 0.487. The molecule has 0 bridgehead atoms. The third-order valence-corrected chi connectivity index (χ3v) is 5.81. The molecule has 0 saturated carbocycles. The number of ether oxygens (including phenoxy) is 5. The van der Waals surface area contributed by atoms with E-state index in [1.54, 1.807) is 37.3 Å². The molecule has 35 heavy (non-hydrogen) atoms. The number of carbonyl (C=O) groups excluding carboxylic acids is 1. The summed E-state index contributed by atoms with van der Waals surface area (Å²) in [5.74, 6) is -0.760. The van der Waals surface area contributed by atoms with Crippen LogP contribution in [0.25, 0.3) is 0 Å². The molecule has 3 rings (SSSR count). The van der Waals surface area contributed by atoms with Crippen LogP contribution in [0.2, 0.25) is 0 Å². The Kier molecular flexibility index (Phi) is 9.92. The highest BCUT2D eigenvalue weighted by atomic mass is 16.7. The van der Waals surface area contributed by atoms with E-state index in [1.165, 1.54) is 0 Å². The molecule has 2 saturated heterocycles. The van der Waals surface area contributed by atoms with Gasteiger partial charge in [0.05, 0.1) is 19.8 Å². The van der Waals surface area contributed by atoms with Gasteiger partial charge in [0.25, 0.3) is 0 Å². The molecular weight excluding hydrogens is 472 g/mol. The topological polar surface area (TPSA) is 205 Å². The molecule has 0 aromatic heterocycles. The van der Waals surface area contributed by atoms with Crippen molar-refractivity contribution in [3.8, 4) is 0 Å². The molecule has 11 atom stereocenters. The minimum atomic E-state index is -1.75. The Bertz CT molecular complexity index is 793. The van der Waals surface area contributed by atoms with Crippen LogP contribution < -0.4 is 0 Å². The molecule has 7 N–H and O–H groups in total. The highest BCUT2D eigenvalue weighted by molar-refractivity contribution is 5.76. The van der Waals surface area contributed by atoms with Crippen LogP contribution >= 0.6 is 0 Å². The Morgan fingerprint density at radius 3 is 2.03 bits per heavy atom. The van der Waals surface area contributed by atoms with Crippen LogP contribution in [0, 0.1) is 0 Å². The van der Waals surface area contributed by atoms with Crippen LogP contribution in [0.3, 0.4) is 0 Å². The van der Waals surface area contributed by atoms with E-state index in [0.29, 0.717) is 5.56 Å². The molecule has 0 radical (unpaired) electrons. The van der Waals surface area contributed by atoms with Crippen LogP contribution in [0.4, 0.5) is 0 Å². The van der Waals surface area contributed by atoms with Crippen molar-refractivity contribution in [2.75, 3.05) is 19.8 Å². The fourth-order valence-corrected chi connectivity index (χ4v) is 3.81. The monoisotopic (exact) mass is 504 g/mol. The number of aliphatic hydroxyl groups excluding tert-OH is 7. The summed E-state index contributed by atoms with van der Waals surface area (Å²) in [6.07, 6.45) is -17.1. The van der Waals surface area contributed by atoms with E-state index < -0.39 is 86.7 Å². The fourth-order valence-electron chi connectivity index (χ4n) is 3.81. The summed E-state index contributed by atoms with van der Waals surface area (Å²) in [7, 11) is 0. The molecule has 1 aromatic carbocycles. The quantitative estimate of drug-likeness (QED) is 0.167. The average molecular weight is 504 g/mol. The van der Waals surface area contributed by atoms with Gasteiger partial charge in [-0.05, 0) is 12.5 Å². The molecule has 0 amide bonds. The third kappa shape index (κ3) is 6.34. The molecule has 2 fully saturated rings. The number of benzene rings is 1. The summed E-state index contributed by atoms with van der Waals surface area (Å²) in [5.41, 5.74) is 0.400. The van der Waals surface area contributed by atoms with Gasteiger partial charge in [-0.25, -0.2) is 4.79 Å². The Labute approximate surface area is 201 Å². The van der Waals surface area contributed by atoms with Crippen molar-refractivity contribution in [1.29, 1.82) is 0 Å². The van der Waals surface area contributed by atoms with Gasteiger partial charge >= 0.3 is 5.97 Å². The number of esters is 1. The van der Waals surface area contributed by atoms with Gasteiger partial charge in [-0.3, -0.25) is 0 Å². The van der Waals surface area contributed by atoms with E-state index in [4.69, 9.17) is 23.7 Å². The Morgan fingerprint density at radius 2 is 1.43 bits per heavy atom. The molecule has 0 unspecified atom stereocenters. The van der Waals surface area contributed by atoms with Gasteiger partial charge in [-0.15, -0.1) is 0 Å². The van der Waals surface area contributed by atoms with E-state index in [9.17, 15) is 40.5 Å². The largest absolute Gasteiger partial charge is 0.464 e. The predicted octanol–water partition coefficient (Wildman–Crippen LogP) is -3.07. The molecule has 198 valence electrons. The van der Waals surface area contributed by atoms with E-state index in [-0.39, 0.29) is 6.61 Å². The van der Waals surface area contributed by atoms with E-state index in [1.807, 2.05) is 0 Å². The summed E-state index contributed by atoms with van der Waals surface area (Å²) in [4.78, 5) is 12.5. The van der Waals surface area contributed by atoms with Gasteiger partial charge in [0.2, 0.25) is 0 Å². The summed E-state index contributed by atoms with van der Waals surface area (Å²) in [5, 5.41) is 70.3. The van der Waals surface area contributed by atoms with Crippen molar-refractivity contribution in [3.05, 3.63) is 35.9 Å². The number of aliphatic hydroxyl groups is 7. The zero-order chi connectivity index (χ0) is 25.7. The van der Waals surface area contributed by atoms with E-state index in [2.05, 4.69) is 0 Å². The van der Waals surface area contributed by atoms with Gasteiger partial charge in [0, 0.05) is 0 Å². The third-order valence-electron chi connectivity index (χ3n) is 5.81. The van der Waals surface area contributed by atoms with Crippen molar-refractivity contribution in [2.45, 2.75) is 74.4 Å². The summed E-state index contributed by atoms with van der Waals surface area (Å²) in [6, 6.07) is 8.26. The molecule has 2 aliphatic heterocycles. The first kappa shape index (κ1) is 27.8. The minimum absolute atomic E-state index is 0.0660. The second-order valence-electron chi connectivity index (χ2n) is 8.22. The van der Waals surface area contributed by atoms with Crippen molar-refractivity contribution in [1.82, 2.24) is 0 Å². The predicted molar refractivity (Wildman–Crippen MR) is 113 cm³/mol. The number of rotatable bonds is 9. The van der Waals surface area contributed by atoms with Crippen LogP contribution in [0.1, 0.15) is 18.6 Å². The maximum absolute atomic E-state index is 12.5. The lowest BCUT2D eigenvalue weighted by molar-refractivity contribution is -0.335. The lowest BCUT2D eigenvalue weighted by atomic mass is 9.98. The first-order valence-corrected chi connectivity index (χ1v) is 11.2. The minimum Gasteiger partial charge on any atom is -0.464 e. The van der Waals surface area contributed by atoms with Gasteiger partial charge in [-0.1, -0.05) is 30.3 Å². The van der Waals surface area contributed by atoms with Crippen LogP contribution in [0.5, 0.6) is 0 Å². The molecule has 13 heteroatoms. The molecular formula is C22H32O13. The Balaban J connectivity index is 1.71. The van der Waals surface area contributed by atoms with Crippen molar-refractivity contribution in [3.63, 3.8) is 0 Å². The van der Waals surface area contributed by atoms with Gasteiger partial charge < -0.3 is 59.4 Å². The standard InChI is InChI=1S/C22H32O13/c1-2-31-20(30)19(10-6-4-3-5-7-10)35-22-18(29)16(27)14(25)12(34-22)9-32-21-17(28)15(26)13(24)11(8-23)33-21/h3-7,11-19,21-29H,2,8-9H2,1H3/t11-,12-,13-,14-,15+,16+,17-,18-,19-,21-,22+/m1/s1. The van der Waals surface area contributed by atoms with Crippen molar-refractivity contribution < 1.29 is 64.2 Å². The van der Waals surface area contributed by atoms with E-state index >= 15 is 0 Å². The molecule has 0 spiro atoms. The fraction of sp³-hybridized carbons (Fsp3) is 0.682. The first-order chi connectivity index (χ1) is 16.7. The molecule has 2 heterocycles. The van der Waals surface area contributed by atoms with Crippen LogP contribution in [-0.4, -0.2) is 123 Å². The van der Waals surface area contributed by atoms with Crippen LogP contribution in [0.15, 0.2) is 30.3 Å². The normalized spacial score (nSPS) is 38.6. The highest BCUT2D eigenvalue weighted by Crippen LogP contribution is 2.29. The zero-order valence-corrected chi connectivity index (χ0v) is 18.9. The second-order valence-corrected chi connectivity index (χ2v) is 8.22. The lowest BCUT2D eigenvalue weighted by Gasteiger charge is -2.43. The molecule has 0 aliphatic carbocycles. The molecule has 2 aliphatic rings. The second kappa shape index (κ2) is 12.5. The Hall–Kier alpha value is -1.75. The molecule has 13 nitrogen and oxygen atoms in total. The number of hydrogen-bond acceptors (Lipinski definition) is 13. The van der Waals surface area contributed by atoms with Crippen LogP contribution in [-0.2, 0) is 28.5 Å². The van der Waals surface area contributed by atoms with E-state index in [0.717, 1.165) is 0 Å². The van der Waals surface area contributed by atoms with Crippen molar-refractivity contribution >= 4 is 5.97 Å². The lowest BCUT2D eigenvalue weighted by Crippen LogP contribution is -2.61. The van der Waals surface area contributed by atoms with Gasteiger partial charge in [-0.2, -0.15) is 0 Å². The van der Waals surface area contributed by atoms with Gasteiger partial charge in [0.1, 0.15) is 48.8 Å². The number of hydrogen-bond donors (Lipinski definition) is 7. The SMILES string of the molecule is CCOC(=O)[C@H](O[C@@H]1O[C@H](CO[C@@H]2O[C@H](CO)[C@@H](O)[C@H](O)[C@H]2O)[C@@H](O)[C@H](O)[C@H]1O)c1ccccc1. The average Bonchev–Trinajstić information content (AvgIpc) is 2.86. The zero-order valence-electron chi connectivity index (χ0n) is 18.9. The maximum Gasteiger partial charge on any atom is 0.340 e. The number of carbonyl (C=O) groups is 1. The smallest absolute Gasteiger partial charge is 0.340 e.